The zero-order chi connectivity index (χ0) is 22.4. The van der Waals surface area contributed by atoms with Crippen molar-refractivity contribution in [2.45, 2.75) is 33.2 Å². The monoisotopic (exact) mass is 488 g/mol. The van der Waals surface area contributed by atoms with E-state index in [1.165, 1.54) is 0 Å². The predicted molar refractivity (Wildman–Crippen MR) is 117 cm³/mol. The number of nitrogens with one attached hydrogen (secondary N) is 1. The fourth-order valence-electron chi connectivity index (χ4n) is 5.02. The number of hydrogen-bond acceptors (Lipinski definition) is 5. The van der Waals surface area contributed by atoms with Crippen LogP contribution in [0.4, 0.5) is 5.69 Å². The Hall–Kier alpha value is -2.48. The zero-order valence-electron chi connectivity index (χ0n) is 17.6. The Morgan fingerprint density at radius 2 is 1.77 bits per heavy atom. The Labute approximate surface area is 189 Å². The molecule has 7 nitrogen and oxygen atoms in total. The molecule has 2 bridgehead atoms. The van der Waals surface area contributed by atoms with Crippen LogP contribution in [0, 0.1) is 36.5 Å². The smallest absolute Gasteiger partial charge is 0.330 e. The largest absolute Gasteiger partial charge is 0.454 e. The lowest BCUT2D eigenvalue weighted by molar-refractivity contribution is -0.162. The van der Waals surface area contributed by atoms with Gasteiger partial charge in [0.1, 0.15) is 6.04 Å². The van der Waals surface area contributed by atoms with E-state index in [4.69, 9.17) is 4.74 Å². The van der Waals surface area contributed by atoms with Gasteiger partial charge in [0.05, 0.1) is 11.8 Å². The molecule has 8 heteroatoms. The number of fused-ring (bicyclic) bond motifs is 5. The van der Waals surface area contributed by atoms with Crippen molar-refractivity contribution in [2.24, 2.45) is 29.6 Å². The number of aryl methyl sites for hydroxylation is 1. The average Bonchev–Trinajstić information content (AvgIpc) is 3.39. The molecule has 31 heavy (non-hydrogen) atoms. The molecule has 2 aliphatic carbocycles. The highest BCUT2D eigenvalue weighted by Gasteiger charge is 2.61. The van der Waals surface area contributed by atoms with Gasteiger partial charge in [-0.25, -0.2) is 4.79 Å². The number of carbonyl (C=O) groups excluding carboxylic acids is 4. The van der Waals surface area contributed by atoms with Crippen LogP contribution in [0.15, 0.2) is 34.8 Å². The second kappa shape index (κ2) is 8.22. The standard InChI is InChI=1S/C23H25BrN2O5/c1-11(2)20(26-21(28)18-13-4-5-14(9-13)19(18)22(26)29)23(30)31-10-17(27)25-15-6-7-16(24)12(3)8-15/h4-8,11,13-14,18-20H,9-10H2,1-3H3,(H,25,27)/t13-,14-,18+,19+,20-/m0/s1. The van der Waals surface area contributed by atoms with Gasteiger partial charge in [0, 0.05) is 10.2 Å². The molecule has 1 saturated carbocycles. The van der Waals surface area contributed by atoms with E-state index < -0.39 is 24.5 Å². The lowest BCUT2D eigenvalue weighted by Gasteiger charge is -2.28. The van der Waals surface area contributed by atoms with Crippen LogP contribution in [0.1, 0.15) is 25.8 Å². The number of allylic oxidation sites excluding steroid dienone is 2. The summed E-state index contributed by atoms with van der Waals surface area (Å²) in [6, 6.07) is 4.31. The highest BCUT2D eigenvalue weighted by molar-refractivity contribution is 9.10. The summed E-state index contributed by atoms with van der Waals surface area (Å²) in [5, 5.41) is 2.68. The highest BCUT2D eigenvalue weighted by Crippen LogP contribution is 2.53. The molecule has 4 rings (SSSR count). The summed E-state index contributed by atoms with van der Waals surface area (Å²) in [5.41, 5.74) is 1.54. The minimum atomic E-state index is -1.03. The van der Waals surface area contributed by atoms with Gasteiger partial charge >= 0.3 is 5.97 Å². The third-order valence-electron chi connectivity index (χ3n) is 6.44. The molecule has 0 unspecified atom stereocenters. The number of rotatable bonds is 6. The van der Waals surface area contributed by atoms with E-state index in [1.807, 2.05) is 25.1 Å². The first kappa shape index (κ1) is 21.7. The zero-order valence-corrected chi connectivity index (χ0v) is 19.2. The minimum Gasteiger partial charge on any atom is -0.454 e. The number of imide groups is 1. The van der Waals surface area contributed by atoms with Gasteiger partial charge < -0.3 is 10.1 Å². The third-order valence-corrected chi connectivity index (χ3v) is 7.33. The van der Waals surface area contributed by atoms with Crippen molar-refractivity contribution in [1.29, 1.82) is 0 Å². The number of anilines is 1. The molecular formula is C23H25BrN2O5. The van der Waals surface area contributed by atoms with Crippen LogP contribution in [0.3, 0.4) is 0 Å². The van der Waals surface area contributed by atoms with E-state index in [2.05, 4.69) is 21.2 Å². The van der Waals surface area contributed by atoms with Gasteiger partial charge in [-0.2, -0.15) is 0 Å². The Morgan fingerprint density at radius 1 is 1.16 bits per heavy atom. The van der Waals surface area contributed by atoms with Crippen LogP contribution in [0.5, 0.6) is 0 Å². The van der Waals surface area contributed by atoms with Crippen molar-refractivity contribution in [3.63, 3.8) is 0 Å². The van der Waals surface area contributed by atoms with E-state index in [0.717, 1.165) is 21.4 Å². The fraction of sp³-hybridized carbons (Fsp3) is 0.478. The minimum absolute atomic E-state index is 0.0698. The summed E-state index contributed by atoms with van der Waals surface area (Å²) < 4.78 is 6.15. The Bertz CT molecular complexity index is 958. The Morgan fingerprint density at radius 3 is 2.32 bits per heavy atom. The Kier molecular flexibility index (Phi) is 5.77. The number of carbonyl (C=O) groups is 4. The number of amides is 3. The number of benzene rings is 1. The molecule has 1 aromatic rings. The van der Waals surface area contributed by atoms with Gasteiger partial charge in [-0.3, -0.25) is 19.3 Å². The molecule has 0 spiro atoms. The normalized spacial score (nSPS) is 27.1. The van der Waals surface area contributed by atoms with Crippen molar-refractivity contribution in [2.75, 3.05) is 11.9 Å². The molecule has 1 aliphatic heterocycles. The highest BCUT2D eigenvalue weighted by atomic mass is 79.9. The van der Waals surface area contributed by atoms with Gasteiger partial charge in [-0.1, -0.05) is 41.9 Å². The molecule has 3 aliphatic rings. The summed E-state index contributed by atoms with van der Waals surface area (Å²) in [6.45, 7) is 4.93. The number of likely N-dealkylation sites (tertiary alicyclic amines) is 1. The molecule has 1 heterocycles. The molecular weight excluding hydrogens is 464 g/mol. The number of halogens is 1. The number of ether oxygens (including phenoxy) is 1. The molecule has 164 valence electrons. The van der Waals surface area contributed by atoms with Crippen LogP contribution >= 0.6 is 15.9 Å². The van der Waals surface area contributed by atoms with Crippen molar-refractivity contribution in [3.05, 3.63) is 40.4 Å². The van der Waals surface area contributed by atoms with E-state index in [1.54, 1.807) is 26.0 Å². The van der Waals surface area contributed by atoms with E-state index in [0.29, 0.717) is 5.69 Å². The van der Waals surface area contributed by atoms with E-state index >= 15 is 0 Å². The predicted octanol–water partition coefficient (Wildman–Crippen LogP) is 3.07. The molecule has 2 fully saturated rings. The van der Waals surface area contributed by atoms with Crippen molar-refractivity contribution in [1.82, 2.24) is 4.90 Å². The maximum atomic E-state index is 13.1. The maximum absolute atomic E-state index is 13.1. The lowest BCUT2D eigenvalue weighted by Crippen LogP contribution is -2.50. The molecule has 0 radical (unpaired) electrons. The van der Waals surface area contributed by atoms with Gasteiger partial charge in [0.15, 0.2) is 6.61 Å². The second-order valence-corrected chi connectivity index (χ2v) is 9.71. The topological polar surface area (TPSA) is 92.8 Å². The molecule has 0 aromatic heterocycles. The first-order valence-corrected chi connectivity index (χ1v) is 11.3. The van der Waals surface area contributed by atoms with Gasteiger partial charge in [-0.05, 0) is 54.9 Å². The Balaban J connectivity index is 1.41. The van der Waals surface area contributed by atoms with Gasteiger partial charge in [-0.15, -0.1) is 0 Å². The first-order valence-electron chi connectivity index (χ1n) is 10.5. The number of hydrogen-bond donors (Lipinski definition) is 1. The first-order chi connectivity index (χ1) is 14.7. The van der Waals surface area contributed by atoms with Crippen molar-refractivity contribution < 1.29 is 23.9 Å². The van der Waals surface area contributed by atoms with Crippen LogP contribution in [-0.4, -0.2) is 41.2 Å². The molecule has 3 amide bonds. The third kappa shape index (κ3) is 3.82. The second-order valence-electron chi connectivity index (χ2n) is 8.86. The SMILES string of the molecule is Cc1cc(NC(=O)COC(=O)[C@H](C(C)C)N2C(=O)[C@H]3[C@H](C2=O)[C@H]2C=C[C@H]3C2)ccc1Br. The molecule has 1 aromatic carbocycles. The quantitative estimate of drug-likeness (QED) is 0.377. The molecule has 5 atom stereocenters. The summed E-state index contributed by atoms with van der Waals surface area (Å²) >= 11 is 3.40. The van der Waals surface area contributed by atoms with Crippen molar-refractivity contribution in [3.8, 4) is 0 Å². The lowest BCUT2D eigenvalue weighted by atomic mass is 9.85. The molecule has 1 saturated heterocycles. The van der Waals surface area contributed by atoms with Crippen LogP contribution < -0.4 is 5.32 Å². The summed E-state index contributed by atoms with van der Waals surface area (Å²) in [6.07, 6.45) is 4.85. The van der Waals surface area contributed by atoms with E-state index in [9.17, 15) is 19.2 Å². The van der Waals surface area contributed by atoms with Gasteiger partial charge in [0.2, 0.25) is 11.8 Å². The summed E-state index contributed by atoms with van der Waals surface area (Å²) in [7, 11) is 0. The van der Waals surface area contributed by atoms with Crippen LogP contribution in [0.25, 0.3) is 0 Å². The van der Waals surface area contributed by atoms with E-state index in [-0.39, 0.29) is 41.4 Å². The average molecular weight is 489 g/mol. The number of nitrogens with zero attached hydrogens (tertiary/aromatic N) is 1. The number of esters is 1. The van der Waals surface area contributed by atoms with Crippen LogP contribution in [0.2, 0.25) is 0 Å². The summed E-state index contributed by atoms with van der Waals surface area (Å²) in [4.78, 5) is 52.3. The van der Waals surface area contributed by atoms with Crippen LogP contribution in [-0.2, 0) is 23.9 Å². The summed E-state index contributed by atoms with van der Waals surface area (Å²) in [5.74, 6) is -2.76. The van der Waals surface area contributed by atoms with Gasteiger partial charge in [0.25, 0.3) is 5.91 Å². The van der Waals surface area contributed by atoms with Crippen molar-refractivity contribution >= 4 is 45.3 Å². The fourth-order valence-corrected chi connectivity index (χ4v) is 5.26. The molecule has 1 N–H and O–H groups in total. The maximum Gasteiger partial charge on any atom is 0.330 e.